The van der Waals surface area contributed by atoms with Crippen LogP contribution in [0.4, 0.5) is 0 Å². The minimum absolute atomic E-state index is 0.414. The fraction of sp³-hybridized carbons (Fsp3) is 0.562. The third-order valence-corrected chi connectivity index (χ3v) is 5.27. The van der Waals surface area contributed by atoms with Gasteiger partial charge in [0.1, 0.15) is 0 Å². The smallest absolute Gasteiger partial charge is 0.293 e. The lowest BCUT2D eigenvalue weighted by Crippen LogP contribution is -2.37. The lowest BCUT2D eigenvalue weighted by atomic mass is 10.2. The van der Waals surface area contributed by atoms with E-state index in [1.807, 2.05) is 24.3 Å². The lowest BCUT2D eigenvalue weighted by molar-refractivity contribution is -0.241. The highest BCUT2D eigenvalue weighted by molar-refractivity contribution is 6.88. The highest BCUT2D eigenvalue weighted by atomic mass is 28.3. The van der Waals surface area contributed by atoms with Crippen LogP contribution in [0.25, 0.3) is 0 Å². The van der Waals surface area contributed by atoms with Crippen LogP contribution in [-0.4, -0.2) is 20.7 Å². The normalized spacial score (nSPS) is 11.4. The minimum atomic E-state index is -1.32. The molecule has 112 valence electrons. The molecule has 0 aliphatic heterocycles. The molecule has 0 amide bonds. The zero-order valence-corrected chi connectivity index (χ0v) is 14.1. The molecule has 1 aromatic carbocycles. The van der Waals surface area contributed by atoms with Crippen molar-refractivity contribution in [2.45, 2.75) is 52.2 Å². The lowest BCUT2D eigenvalue weighted by Gasteiger charge is -2.16. The highest BCUT2D eigenvalue weighted by Gasteiger charge is 2.17. The second kappa shape index (κ2) is 8.22. The zero-order chi connectivity index (χ0) is 15.0. The van der Waals surface area contributed by atoms with E-state index >= 15 is 0 Å². The van der Waals surface area contributed by atoms with Crippen LogP contribution in [0.1, 0.15) is 43.0 Å². The van der Waals surface area contributed by atoms with E-state index in [2.05, 4.69) is 26.6 Å². The Balaban J connectivity index is 2.37. The largest absolute Gasteiger partial charge is 0.373 e. The summed E-state index contributed by atoms with van der Waals surface area (Å²) in [6.45, 7) is 9.46. The highest BCUT2D eigenvalue weighted by Crippen LogP contribution is 2.06. The van der Waals surface area contributed by atoms with Crippen LogP contribution in [0.15, 0.2) is 24.3 Å². The van der Waals surface area contributed by atoms with Gasteiger partial charge in [0.2, 0.25) is 0 Å². The molecular weight excluding hydrogens is 268 g/mol. The molecule has 0 saturated carbocycles. The maximum atomic E-state index is 11.8. The molecule has 0 saturated heterocycles. The average molecular weight is 294 g/mol. The Bertz CT molecular complexity index is 407. The van der Waals surface area contributed by atoms with Crippen LogP contribution in [0, 0.1) is 0 Å². The predicted molar refractivity (Wildman–Crippen MR) is 84.9 cm³/mol. The van der Waals surface area contributed by atoms with Crippen molar-refractivity contribution >= 4 is 19.2 Å². The quantitative estimate of drug-likeness (QED) is 0.316. The van der Waals surface area contributed by atoms with Crippen LogP contribution in [0.2, 0.25) is 19.6 Å². The van der Waals surface area contributed by atoms with E-state index in [4.69, 9.17) is 9.78 Å². The standard InChI is InChI=1S/C16H26O3Si/c1-5-6-7-8-13-18-19-16(17)14-9-11-15(12-10-14)20(2,3)4/h9-12H,5-8,13H2,1-4H3. The first-order chi connectivity index (χ1) is 9.45. The van der Waals surface area contributed by atoms with Crippen LogP contribution < -0.4 is 5.19 Å². The molecule has 1 rings (SSSR count). The number of hydrogen-bond donors (Lipinski definition) is 0. The molecule has 0 atom stereocenters. The fourth-order valence-electron chi connectivity index (χ4n) is 1.84. The van der Waals surface area contributed by atoms with E-state index in [-0.39, 0.29) is 0 Å². The first-order valence-corrected chi connectivity index (χ1v) is 10.9. The van der Waals surface area contributed by atoms with Crippen molar-refractivity contribution in [3.05, 3.63) is 29.8 Å². The van der Waals surface area contributed by atoms with Gasteiger partial charge in [-0.05, 0) is 18.6 Å². The van der Waals surface area contributed by atoms with E-state index in [1.165, 1.54) is 18.0 Å². The topological polar surface area (TPSA) is 35.5 Å². The van der Waals surface area contributed by atoms with Crippen molar-refractivity contribution < 1.29 is 14.6 Å². The SMILES string of the molecule is CCCCCCOOC(=O)c1ccc([Si](C)(C)C)cc1. The number of benzene rings is 1. The molecule has 1 aromatic rings. The molecule has 0 heterocycles. The molecule has 0 fully saturated rings. The summed E-state index contributed by atoms with van der Waals surface area (Å²) < 4.78 is 0. The van der Waals surface area contributed by atoms with Crippen LogP contribution >= 0.6 is 0 Å². The molecule has 0 aliphatic carbocycles. The summed E-state index contributed by atoms with van der Waals surface area (Å²) >= 11 is 0. The first-order valence-electron chi connectivity index (χ1n) is 7.39. The summed E-state index contributed by atoms with van der Waals surface area (Å²) in [5.74, 6) is -0.414. The number of unbranched alkanes of at least 4 members (excludes halogenated alkanes) is 3. The van der Waals surface area contributed by atoms with Gasteiger partial charge in [-0.2, -0.15) is 4.89 Å². The Morgan fingerprint density at radius 3 is 2.25 bits per heavy atom. The Hall–Kier alpha value is -1.13. The average Bonchev–Trinajstić information content (AvgIpc) is 2.41. The van der Waals surface area contributed by atoms with Crippen molar-refractivity contribution in [1.29, 1.82) is 0 Å². The van der Waals surface area contributed by atoms with Gasteiger partial charge in [-0.25, -0.2) is 4.79 Å². The molecule has 0 bridgehead atoms. The van der Waals surface area contributed by atoms with Gasteiger partial charge in [-0.1, -0.05) is 63.1 Å². The van der Waals surface area contributed by atoms with Crippen LogP contribution in [-0.2, 0) is 9.78 Å². The second-order valence-electron chi connectivity index (χ2n) is 6.08. The minimum Gasteiger partial charge on any atom is -0.293 e. The Morgan fingerprint density at radius 1 is 1.05 bits per heavy atom. The van der Waals surface area contributed by atoms with E-state index in [0.29, 0.717) is 12.2 Å². The van der Waals surface area contributed by atoms with Gasteiger partial charge in [-0.3, -0.25) is 4.89 Å². The van der Waals surface area contributed by atoms with E-state index in [1.54, 1.807) is 0 Å². The number of hydrogen-bond acceptors (Lipinski definition) is 3. The van der Waals surface area contributed by atoms with Gasteiger partial charge in [0.25, 0.3) is 0 Å². The summed E-state index contributed by atoms with van der Waals surface area (Å²) in [4.78, 5) is 21.5. The van der Waals surface area contributed by atoms with Crippen LogP contribution in [0.5, 0.6) is 0 Å². The maximum absolute atomic E-state index is 11.8. The molecule has 3 nitrogen and oxygen atoms in total. The van der Waals surface area contributed by atoms with Crippen LogP contribution in [0.3, 0.4) is 0 Å². The predicted octanol–water partition coefficient (Wildman–Crippen LogP) is 3.90. The van der Waals surface area contributed by atoms with Gasteiger partial charge >= 0.3 is 5.97 Å². The zero-order valence-electron chi connectivity index (χ0n) is 13.1. The number of carbonyl (C=O) groups is 1. The summed E-state index contributed by atoms with van der Waals surface area (Å²) in [6, 6.07) is 7.67. The van der Waals surface area contributed by atoms with Gasteiger partial charge in [0, 0.05) is 0 Å². The van der Waals surface area contributed by atoms with Gasteiger partial charge in [0.15, 0.2) is 0 Å². The van der Waals surface area contributed by atoms with Gasteiger partial charge in [-0.15, -0.1) is 0 Å². The van der Waals surface area contributed by atoms with Crippen molar-refractivity contribution in [2.24, 2.45) is 0 Å². The first kappa shape index (κ1) is 16.9. The molecular formula is C16H26O3Si. The Labute approximate surface area is 123 Å². The summed E-state index contributed by atoms with van der Waals surface area (Å²) in [6.07, 6.45) is 4.41. The molecule has 0 aliphatic rings. The second-order valence-corrected chi connectivity index (χ2v) is 11.2. The third kappa shape index (κ3) is 5.88. The molecule has 0 spiro atoms. The number of carbonyl (C=O) groups excluding carboxylic acids is 1. The third-order valence-electron chi connectivity index (χ3n) is 3.20. The molecule has 0 unspecified atom stereocenters. The summed E-state index contributed by atoms with van der Waals surface area (Å²) in [5.41, 5.74) is 0.542. The van der Waals surface area contributed by atoms with E-state index < -0.39 is 14.0 Å². The van der Waals surface area contributed by atoms with Crippen molar-refractivity contribution in [2.75, 3.05) is 6.61 Å². The molecule has 0 aromatic heterocycles. The fourth-order valence-corrected chi connectivity index (χ4v) is 3.00. The molecule has 0 N–H and O–H groups in total. The molecule has 0 radical (unpaired) electrons. The van der Waals surface area contributed by atoms with E-state index in [9.17, 15) is 4.79 Å². The Morgan fingerprint density at radius 2 is 1.70 bits per heavy atom. The summed E-state index contributed by atoms with van der Waals surface area (Å²) in [5, 5.41) is 1.33. The van der Waals surface area contributed by atoms with Crippen molar-refractivity contribution in [3.63, 3.8) is 0 Å². The number of rotatable bonds is 8. The van der Waals surface area contributed by atoms with Crippen molar-refractivity contribution in [3.8, 4) is 0 Å². The Kier molecular flexibility index (Phi) is 6.95. The monoisotopic (exact) mass is 294 g/mol. The maximum Gasteiger partial charge on any atom is 0.373 e. The molecule has 4 heteroatoms. The van der Waals surface area contributed by atoms with Crippen molar-refractivity contribution in [1.82, 2.24) is 0 Å². The van der Waals surface area contributed by atoms with Gasteiger partial charge < -0.3 is 0 Å². The molecule has 20 heavy (non-hydrogen) atoms. The van der Waals surface area contributed by atoms with E-state index in [0.717, 1.165) is 12.8 Å². The summed E-state index contributed by atoms with van der Waals surface area (Å²) in [7, 11) is -1.32. The van der Waals surface area contributed by atoms with Gasteiger partial charge in [0.05, 0.1) is 20.2 Å².